The van der Waals surface area contributed by atoms with Crippen LogP contribution in [0, 0.1) is 0 Å². The Morgan fingerprint density at radius 3 is 2.63 bits per heavy atom. The molecule has 0 aromatic heterocycles. The first kappa shape index (κ1) is 29.5. The second kappa shape index (κ2) is 14.8. The maximum atomic E-state index is 13.2. The van der Waals surface area contributed by atoms with E-state index in [4.69, 9.17) is 14.7 Å². The second-order valence-electron chi connectivity index (χ2n) is 9.89. The minimum atomic E-state index is -0.716. The van der Waals surface area contributed by atoms with Gasteiger partial charge in [-0.25, -0.2) is 10.9 Å². The van der Waals surface area contributed by atoms with Gasteiger partial charge in [-0.3, -0.25) is 24.4 Å². The van der Waals surface area contributed by atoms with Crippen molar-refractivity contribution >= 4 is 29.9 Å². The van der Waals surface area contributed by atoms with Gasteiger partial charge in [-0.1, -0.05) is 42.5 Å². The van der Waals surface area contributed by atoms with Crippen LogP contribution in [0.3, 0.4) is 0 Å². The molecule has 11 heteroatoms. The van der Waals surface area contributed by atoms with E-state index in [0.717, 1.165) is 30.4 Å². The lowest BCUT2D eigenvalue weighted by Gasteiger charge is -2.33. The molecule has 2 aliphatic rings. The van der Waals surface area contributed by atoms with Crippen molar-refractivity contribution < 1.29 is 33.9 Å². The molecule has 0 saturated heterocycles. The van der Waals surface area contributed by atoms with E-state index in [2.05, 4.69) is 10.5 Å². The average molecular weight is 563 g/mol. The first-order valence-electron chi connectivity index (χ1n) is 13.6. The molecule has 1 saturated carbocycles. The minimum absolute atomic E-state index is 0.0441. The van der Waals surface area contributed by atoms with Crippen LogP contribution in [-0.2, 0) is 25.7 Å². The van der Waals surface area contributed by atoms with Crippen LogP contribution in [0.25, 0.3) is 0 Å². The number of esters is 1. The van der Waals surface area contributed by atoms with Gasteiger partial charge < -0.3 is 14.4 Å². The SMILES string of the molecule is O=C(COc1cccc(C(=O)N/N=C/c2ccc(CN3C(=O)CC/C=C/CCC(=O)O[C@H]4CCC[C@@H]43)cc2)c1)NO. The third kappa shape index (κ3) is 8.74. The van der Waals surface area contributed by atoms with Gasteiger partial charge in [0.2, 0.25) is 5.91 Å². The van der Waals surface area contributed by atoms with Crippen LogP contribution in [0.1, 0.15) is 66.4 Å². The zero-order chi connectivity index (χ0) is 29.0. The largest absolute Gasteiger partial charge is 0.484 e. The molecule has 3 amide bonds. The Bertz CT molecular complexity index is 1290. The number of hydrazone groups is 1. The van der Waals surface area contributed by atoms with Crippen molar-refractivity contribution in [2.45, 2.75) is 63.6 Å². The quantitative estimate of drug-likeness (QED) is 0.147. The van der Waals surface area contributed by atoms with Crippen molar-refractivity contribution in [1.82, 2.24) is 15.8 Å². The maximum absolute atomic E-state index is 13.2. The first-order chi connectivity index (χ1) is 19.9. The molecule has 216 valence electrons. The fourth-order valence-electron chi connectivity index (χ4n) is 4.85. The van der Waals surface area contributed by atoms with Crippen molar-refractivity contribution in [3.8, 4) is 5.75 Å². The Balaban J connectivity index is 1.36. The summed E-state index contributed by atoms with van der Waals surface area (Å²) in [5.74, 6) is -1.07. The van der Waals surface area contributed by atoms with E-state index in [1.807, 2.05) is 41.3 Å². The molecular weight excluding hydrogens is 528 g/mol. The van der Waals surface area contributed by atoms with Crippen LogP contribution in [0.2, 0.25) is 0 Å². The summed E-state index contributed by atoms with van der Waals surface area (Å²) < 4.78 is 11.0. The fourth-order valence-corrected chi connectivity index (χ4v) is 4.85. The lowest BCUT2D eigenvalue weighted by atomic mass is 10.1. The predicted molar refractivity (Wildman–Crippen MR) is 149 cm³/mol. The highest BCUT2D eigenvalue weighted by atomic mass is 16.5. The van der Waals surface area contributed by atoms with Gasteiger partial charge in [0, 0.05) is 24.9 Å². The molecule has 2 aromatic rings. The van der Waals surface area contributed by atoms with E-state index >= 15 is 0 Å². The number of fused-ring (bicyclic) bond motifs is 1. The third-order valence-corrected chi connectivity index (χ3v) is 6.93. The molecule has 1 fully saturated rings. The fraction of sp³-hybridized carbons (Fsp3) is 0.367. The summed E-state index contributed by atoms with van der Waals surface area (Å²) in [6.07, 6.45) is 9.61. The number of allylic oxidation sites excluding steroid dienone is 2. The molecule has 2 aromatic carbocycles. The molecule has 41 heavy (non-hydrogen) atoms. The molecule has 0 radical (unpaired) electrons. The molecule has 0 bridgehead atoms. The van der Waals surface area contributed by atoms with E-state index in [0.29, 0.717) is 32.2 Å². The Labute approximate surface area is 238 Å². The van der Waals surface area contributed by atoms with Crippen molar-refractivity contribution in [2.75, 3.05) is 6.61 Å². The smallest absolute Gasteiger partial charge is 0.306 e. The van der Waals surface area contributed by atoms with Crippen LogP contribution < -0.4 is 15.6 Å². The van der Waals surface area contributed by atoms with Gasteiger partial charge in [0.1, 0.15) is 11.9 Å². The number of nitrogens with one attached hydrogen (secondary N) is 2. The van der Waals surface area contributed by atoms with Gasteiger partial charge in [-0.2, -0.15) is 5.10 Å². The van der Waals surface area contributed by atoms with Crippen molar-refractivity contribution in [3.63, 3.8) is 0 Å². The zero-order valence-corrected chi connectivity index (χ0v) is 22.7. The number of hydrogen-bond acceptors (Lipinski definition) is 8. The molecular formula is C30H34N4O7. The summed E-state index contributed by atoms with van der Waals surface area (Å²) in [5.41, 5.74) is 5.89. The highest BCUT2D eigenvalue weighted by molar-refractivity contribution is 5.95. The number of carbonyl (C=O) groups is 4. The Kier molecular flexibility index (Phi) is 10.6. The van der Waals surface area contributed by atoms with Gasteiger partial charge in [0.15, 0.2) is 6.61 Å². The third-order valence-electron chi connectivity index (χ3n) is 6.93. The topological polar surface area (TPSA) is 147 Å². The maximum Gasteiger partial charge on any atom is 0.306 e. The molecule has 4 rings (SSSR count). The van der Waals surface area contributed by atoms with Crippen molar-refractivity contribution in [1.29, 1.82) is 0 Å². The summed E-state index contributed by atoms with van der Waals surface area (Å²) >= 11 is 0. The van der Waals surface area contributed by atoms with E-state index in [1.54, 1.807) is 18.2 Å². The molecule has 1 heterocycles. The molecule has 11 nitrogen and oxygen atoms in total. The van der Waals surface area contributed by atoms with Crippen molar-refractivity contribution in [2.24, 2.45) is 5.10 Å². The average Bonchev–Trinajstić information content (AvgIpc) is 3.43. The van der Waals surface area contributed by atoms with E-state index in [1.165, 1.54) is 17.8 Å². The Morgan fingerprint density at radius 2 is 1.85 bits per heavy atom. The minimum Gasteiger partial charge on any atom is -0.484 e. The van der Waals surface area contributed by atoms with Gasteiger partial charge in [-0.15, -0.1) is 0 Å². The normalized spacial score (nSPS) is 20.4. The molecule has 1 aliphatic carbocycles. The highest BCUT2D eigenvalue weighted by Gasteiger charge is 2.37. The molecule has 2 atom stereocenters. The number of carbonyl (C=O) groups excluding carboxylic acids is 4. The van der Waals surface area contributed by atoms with Crippen LogP contribution in [0.5, 0.6) is 5.75 Å². The number of nitrogens with zero attached hydrogens (tertiary/aromatic N) is 2. The van der Waals surface area contributed by atoms with E-state index in [9.17, 15) is 19.2 Å². The standard InChI is InChI=1S/C30H34N4O7/c35-27(33-39)20-40-24-8-5-7-23(17-24)30(38)32-31-18-21-13-15-22(16-14-21)19-34-25-9-6-10-26(25)41-29(37)12-4-2-1-3-11-28(34)36/h1-2,5,7-8,13-18,25-26,39H,3-4,6,9-12,19-20H2,(H,32,38)(H,33,35)/b2-1+,31-18+/t25-,26-/m0/s1. The number of hydrogen-bond donors (Lipinski definition) is 3. The first-order valence-corrected chi connectivity index (χ1v) is 13.6. The lowest BCUT2D eigenvalue weighted by molar-refractivity contribution is -0.154. The van der Waals surface area contributed by atoms with Crippen LogP contribution in [0.15, 0.2) is 65.8 Å². The number of rotatable bonds is 8. The van der Waals surface area contributed by atoms with E-state index < -0.39 is 18.4 Å². The lowest BCUT2D eigenvalue weighted by Crippen LogP contribution is -2.45. The number of ether oxygens (including phenoxy) is 2. The zero-order valence-electron chi connectivity index (χ0n) is 22.7. The van der Waals surface area contributed by atoms with Gasteiger partial charge >= 0.3 is 5.97 Å². The number of benzene rings is 2. The summed E-state index contributed by atoms with van der Waals surface area (Å²) in [5, 5.41) is 12.6. The summed E-state index contributed by atoms with van der Waals surface area (Å²) in [7, 11) is 0. The number of hydroxylamine groups is 1. The van der Waals surface area contributed by atoms with E-state index in [-0.39, 0.29) is 35.3 Å². The van der Waals surface area contributed by atoms with Crippen LogP contribution in [-0.4, -0.2) is 58.8 Å². The molecule has 1 aliphatic heterocycles. The predicted octanol–water partition coefficient (Wildman–Crippen LogP) is 3.26. The summed E-state index contributed by atoms with van der Waals surface area (Å²) in [6.45, 7) is 0.0154. The summed E-state index contributed by atoms with van der Waals surface area (Å²) in [4.78, 5) is 50.9. The van der Waals surface area contributed by atoms with Gasteiger partial charge in [0.25, 0.3) is 11.8 Å². The van der Waals surface area contributed by atoms with Crippen molar-refractivity contribution in [3.05, 3.63) is 77.4 Å². The van der Waals surface area contributed by atoms with Gasteiger partial charge in [0.05, 0.1) is 12.3 Å². The second-order valence-corrected chi connectivity index (χ2v) is 9.89. The van der Waals surface area contributed by atoms with Gasteiger partial charge in [-0.05, 0) is 61.4 Å². The Hall–Kier alpha value is -4.51. The number of amides is 3. The monoisotopic (exact) mass is 562 g/mol. The highest BCUT2D eigenvalue weighted by Crippen LogP contribution is 2.30. The summed E-state index contributed by atoms with van der Waals surface area (Å²) in [6, 6.07) is 13.6. The molecule has 3 N–H and O–H groups in total. The van der Waals surface area contributed by atoms with Crippen LogP contribution in [0.4, 0.5) is 0 Å². The van der Waals surface area contributed by atoms with Crippen LogP contribution >= 0.6 is 0 Å². The molecule has 0 unspecified atom stereocenters. The Morgan fingerprint density at radius 1 is 1.07 bits per heavy atom. The molecule has 0 spiro atoms.